The van der Waals surface area contributed by atoms with Crippen LogP contribution in [0.3, 0.4) is 0 Å². The first-order valence-corrected chi connectivity index (χ1v) is 9.44. The topological polar surface area (TPSA) is 49.4 Å². The van der Waals surface area contributed by atoms with Crippen molar-refractivity contribution in [2.45, 2.75) is 52.1 Å². The zero-order chi connectivity index (χ0) is 14.7. The predicted molar refractivity (Wildman–Crippen MR) is 81.2 cm³/mol. The van der Waals surface area contributed by atoms with Gasteiger partial charge in [-0.2, -0.15) is 0 Å². The van der Waals surface area contributed by atoms with Gasteiger partial charge in [-0.15, -0.1) is 0 Å². The minimum Gasteiger partial charge on any atom is -0.311 e. The third kappa shape index (κ3) is 4.72. The van der Waals surface area contributed by atoms with Gasteiger partial charge in [0, 0.05) is 37.5 Å². The van der Waals surface area contributed by atoms with Crippen LogP contribution in [0.4, 0.5) is 0 Å². The maximum Gasteiger partial charge on any atom is 0.148 e. The Kier molecular flexibility index (Phi) is 5.83. The molecular formula is C14H30N2O2S. The van der Waals surface area contributed by atoms with E-state index < -0.39 is 9.84 Å². The lowest BCUT2D eigenvalue weighted by Crippen LogP contribution is -2.64. The summed E-state index contributed by atoms with van der Waals surface area (Å²) in [5.41, 5.74) is 0.0780. The number of sulfone groups is 1. The molecule has 1 aliphatic heterocycles. The Hall–Kier alpha value is -0.130. The predicted octanol–water partition coefficient (Wildman–Crippen LogP) is 1.52. The maximum absolute atomic E-state index is 11.4. The zero-order valence-electron chi connectivity index (χ0n) is 13.1. The normalized spacial score (nSPS) is 31.3. The van der Waals surface area contributed by atoms with E-state index in [2.05, 4.69) is 37.9 Å². The highest BCUT2D eigenvalue weighted by atomic mass is 32.2. The summed E-state index contributed by atoms with van der Waals surface area (Å²) in [4.78, 5) is 2.38. The third-order valence-electron chi connectivity index (χ3n) is 4.75. The summed E-state index contributed by atoms with van der Waals surface area (Å²) >= 11 is 0. The molecule has 1 aliphatic rings. The van der Waals surface area contributed by atoms with E-state index in [0.717, 1.165) is 25.9 Å². The monoisotopic (exact) mass is 290 g/mol. The van der Waals surface area contributed by atoms with Crippen molar-refractivity contribution in [1.29, 1.82) is 0 Å². The second kappa shape index (κ2) is 6.55. The fourth-order valence-electron chi connectivity index (χ4n) is 2.64. The smallest absolute Gasteiger partial charge is 0.148 e. The van der Waals surface area contributed by atoms with Crippen LogP contribution in [-0.4, -0.2) is 56.5 Å². The van der Waals surface area contributed by atoms with Crippen LogP contribution in [0.15, 0.2) is 0 Å². The van der Waals surface area contributed by atoms with Gasteiger partial charge in [-0.1, -0.05) is 27.2 Å². The minimum atomic E-state index is -2.89. The Morgan fingerprint density at radius 1 is 1.42 bits per heavy atom. The number of nitrogens with one attached hydrogen (secondary N) is 1. The van der Waals surface area contributed by atoms with E-state index in [1.54, 1.807) is 0 Å². The van der Waals surface area contributed by atoms with Gasteiger partial charge in [-0.05, 0) is 19.3 Å². The van der Waals surface area contributed by atoms with Gasteiger partial charge < -0.3 is 5.32 Å². The lowest BCUT2D eigenvalue weighted by Gasteiger charge is -2.49. The van der Waals surface area contributed by atoms with Crippen molar-refractivity contribution in [1.82, 2.24) is 10.2 Å². The molecule has 1 fully saturated rings. The Morgan fingerprint density at radius 3 is 2.53 bits per heavy atom. The molecule has 0 spiro atoms. The second-order valence-corrected chi connectivity index (χ2v) is 8.56. The molecule has 1 saturated heterocycles. The quantitative estimate of drug-likeness (QED) is 0.806. The van der Waals surface area contributed by atoms with Gasteiger partial charge in [-0.25, -0.2) is 8.42 Å². The molecule has 0 saturated carbocycles. The van der Waals surface area contributed by atoms with E-state index in [-0.39, 0.29) is 11.3 Å². The molecule has 3 unspecified atom stereocenters. The van der Waals surface area contributed by atoms with Gasteiger partial charge in [0.1, 0.15) is 9.84 Å². The van der Waals surface area contributed by atoms with Crippen molar-refractivity contribution in [3.8, 4) is 0 Å². The second-order valence-electron chi connectivity index (χ2n) is 6.30. The van der Waals surface area contributed by atoms with Crippen molar-refractivity contribution in [2.75, 3.05) is 31.6 Å². The average Bonchev–Trinajstić information content (AvgIpc) is 2.35. The summed E-state index contributed by atoms with van der Waals surface area (Å²) in [6, 6.07) is 0.476. The summed E-state index contributed by atoms with van der Waals surface area (Å²) in [5, 5.41) is 3.65. The lowest BCUT2D eigenvalue weighted by molar-refractivity contribution is 0.0418. The van der Waals surface area contributed by atoms with Crippen molar-refractivity contribution >= 4 is 9.84 Å². The van der Waals surface area contributed by atoms with E-state index in [4.69, 9.17) is 0 Å². The number of hydrogen-bond donors (Lipinski definition) is 1. The van der Waals surface area contributed by atoms with Crippen LogP contribution >= 0.6 is 0 Å². The van der Waals surface area contributed by atoms with Crippen LogP contribution in [-0.2, 0) is 9.84 Å². The van der Waals surface area contributed by atoms with Gasteiger partial charge in [0.2, 0.25) is 0 Å². The van der Waals surface area contributed by atoms with Crippen molar-refractivity contribution in [3.63, 3.8) is 0 Å². The Labute approximate surface area is 118 Å². The summed E-state index contributed by atoms with van der Waals surface area (Å²) in [6.07, 6.45) is 3.52. The van der Waals surface area contributed by atoms with Crippen LogP contribution in [0.2, 0.25) is 0 Å². The standard InChI is InChI=1S/C14H30N2O2S/c1-6-12(3)13-10-16(8-9-19(5,17)18)14(4,7-2)11-15-13/h12-13,15H,6-11H2,1-5H3. The van der Waals surface area contributed by atoms with Crippen LogP contribution in [0.1, 0.15) is 40.5 Å². The first kappa shape index (κ1) is 16.9. The van der Waals surface area contributed by atoms with E-state index in [1.807, 2.05) is 0 Å². The molecule has 3 atom stereocenters. The van der Waals surface area contributed by atoms with Gasteiger partial charge in [0.15, 0.2) is 0 Å². The highest BCUT2D eigenvalue weighted by Crippen LogP contribution is 2.25. The number of nitrogens with zero attached hydrogens (tertiary/aromatic N) is 1. The van der Waals surface area contributed by atoms with Crippen molar-refractivity contribution in [3.05, 3.63) is 0 Å². The van der Waals surface area contributed by atoms with Crippen LogP contribution < -0.4 is 5.32 Å². The average molecular weight is 290 g/mol. The molecule has 0 aromatic rings. The van der Waals surface area contributed by atoms with Gasteiger partial charge >= 0.3 is 0 Å². The fraction of sp³-hybridized carbons (Fsp3) is 1.00. The molecule has 1 N–H and O–H groups in total. The molecule has 114 valence electrons. The maximum atomic E-state index is 11.4. The Morgan fingerprint density at radius 2 is 2.05 bits per heavy atom. The van der Waals surface area contributed by atoms with Crippen molar-refractivity contribution in [2.24, 2.45) is 5.92 Å². The molecule has 19 heavy (non-hydrogen) atoms. The van der Waals surface area contributed by atoms with Gasteiger partial charge in [0.25, 0.3) is 0 Å². The van der Waals surface area contributed by atoms with Crippen molar-refractivity contribution < 1.29 is 8.42 Å². The third-order valence-corrected chi connectivity index (χ3v) is 5.67. The highest BCUT2D eigenvalue weighted by molar-refractivity contribution is 7.90. The fourth-order valence-corrected chi connectivity index (χ4v) is 3.19. The number of hydrogen-bond acceptors (Lipinski definition) is 4. The summed E-state index contributed by atoms with van der Waals surface area (Å²) < 4.78 is 22.8. The highest BCUT2D eigenvalue weighted by Gasteiger charge is 2.37. The minimum absolute atomic E-state index is 0.0780. The molecular weight excluding hydrogens is 260 g/mol. The molecule has 4 nitrogen and oxygen atoms in total. The van der Waals surface area contributed by atoms with Crippen LogP contribution in [0.5, 0.6) is 0 Å². The molecule has 1 heterocycles. The molecule has 0 radical (unpaired) electrons. The van der Waals surface area contributed by atoms with Gasteiger partial charge in [0.05, 0.1) is 5.75 Å². The number of rotatable bonds is 6. The van der Waals surface area contributed by atoms with E-state index in [9.17, 15) is 8.42 Å². The molecule has 0 amide bonds. The van der Waals surface area contributed by atoms with Gasteiger partial charge in [-0.3, -0.25) is 4.90 Å². The summed E-state index contributed by atoms with van der Waals surface area (Å²) in [6.45, 7) is 11.4. The Balaban J connectivity index is 2.74. The number of piperazine rings is 1. The van der Waals surface area contributed by atoms with Crippen LogP contribution in [0, 0.1) is 5.92 Å². The Bertz CT molecular complexity index is 383. The van der Waals surface area contributed by atoms with E-state index in [0.29, 0.717) is 18.5 Å². The molecule has 0 aromatic heterocycles. The first-order valence-electron chi connectivity index (χ1n) is 7.38. The molecule has 0 bridgehead atoms. The largest absolute Gasteiger partial charge is 0.311 e. The summed E-state index contributed by atoms with van der Waals surface area (Å²) in [7, 11) is -2.89. The zero-order valence-corrected chi connectivity index (χ0v) is 13.9. The molecule has 0 aliphatic carbocycles. The first-order chi connectivity index (χ1) is 8.72. The summed E-state index contributed by atoms with van der Waals surface area (Å²) in [5.74, 6) is 0.887. The molecule has 0 aromatic carbocycles. The molecule has 5 heteroatoms. The van der Waals surface area contributed by atoms with E-state index >= 15 is 0 Å². The van der Waals surface area contributed by atoms with Crippen LogP contribution in [0.25, 0.3) is 0 Å². The molecule has 1 rings (SSSR count). The SMILES string of the molecule is CCC(C)C1CN(CCS(C)(=O)=O)C(C)(CC)CN1. The lowest BCUT2D eigenvalue weighted by atomic mass is 9.88. The van der Waals surface area contributed by atoms with E-state index in [1.165, 1.54) is 6.26 Å².